The molecule has 0 amide bonds. The summed E-state index contributed by atoms with van der Waals surface area (Å²) in [6.07, 6.45) is 4.19. The molecule has 0 saturated carbocycles. The Bertz CT molecular complexity index is 974. The molecule has 1 aromatic carbocycles. The number of anilines is 2. The lowest BCUT2D eigenvalue weighted by molar-refractivity contribution is 0.176. The van der Waals surface area contributed by atoms with Gasteiger partial charge in [-0.1, -0.05) is 24.3 Å². The van der Waals surface area contributed by atoms with Crippen LogP contribution in [0.2, 0.25) is 0 Å². The quantitative estimate of drug-likeness (QED) is 0.728. The van der Waals surface area contributed by atoms with Crippen LogP contribution in [0.3, 0.4) is 0 Å². The minimum absolute atomic E-state index is 0.0122. The topological polar surface area (TPSA) is 114 Å². The maximum atomic E-state index is 13.0. The zero-order chi connectivity index (χ0) is 21.5. The number of nitriles is 1. The summed E-state index contributed by atoms with van der Waals surface area (Å²) in [5.74, 6) is 0.878. The van der Waals surface area contributed by atoms with Gasteiger partial charge in [0, 0.05) is 29.9 Å². The number of nitrogen functional groups attached to an aromatic ring is 1. The van der Waals surface area contributed by atoms with Gasteiger partial charge in [-0.25, -0.2) is 9.97 Å². The summed E-state index contributed by atoms with van der Waals surface area (Å²) >= 11 is -1.16. The van der Waals surface area contributed by atoms with Crippen molar-refractivity contribution in [2.75, 3.05) is 23.7 Å². The molecule has 1 aliphatic heterocycles. The second-order valence-electron chi connectivity index (χ2n) is 9.24. The van der Waals surface area contributed by atoms with Gasteiger partial charge in [0.2, 0.25) is 0 Å². The molecule has 4 rings (SSSR count). The summed E-state index contributed by atoms with van der Waals surface area (Å²) in [5, 5.41) is 9.42. The minimum Gasteiger partial charge on any atom is -0.598 e. The minimum atomic E-state index is -1.16. The van der Waals surface area contributed by atoms with Crippen LogP contribution in [0.4, 0.5) is 11.6 Å². The summed E-state index contributed by atoms with van der Waals surface area (Å²) in [6, 6.07) is 10.6. The van der Waals surface area contributed by atoms with Crippen LogP contribution < -0.4 is 15.4 Å². The third-order valence-electron chi connectivity index (χ3n) is 6.24. The molecular formula is C22H28N6OS. The number of aromatic nitrogens is 2. The summed E-state index contributed by atoms with van der Waals surface area (Å²) < 4.78 is 16.1. The fourth-order valence-corrected chi connectivity index (χ4v) is 5.53. The number of hydrogen-bond donors (Lipinski definition) is 2. The number of nitrogens with zero attached hydrogens (tertiary/aromatic N) is 4. The van der Waals surface area contributed by atoms with E-state index in [1.807, 2.05) is 20.8 Å². The van der Waals surface area contributed by atoms with Crippen molar-refractivity contribution in [2.45, 2.75) is 50.8 Å². The molecule has 1 fully saturated rings. The largest absolute Gasteiger partial charge is 0.598 e. The number of hydrogen-bond acceptors (Lipinski definition) is 7. The molecule has 1 unspecified atom stereocenters. The first kappa shape index (κ1) is 20.9. The Labute approximate surface area is 181 Å². The molecule has 0 bridgehead atoms. The zero-order valence-corrected chi connectivity index (χ0v) is 18.5. The molecule has 3 N–H and O–H groups in total. The molecule has 1 saturated heterocycles. The lowest BCUT2D eigenvalue weighted by atomic mass is 9.73. The van der Waals surface area contributed by atoms with Crippen molar-refractivity contribution >= 4 is 23.0 Å². The normalized spacial score (nSPS) is 21.3. The van der Waals surface area contributed by atoms with E-state index in [1.165, 1.54) is 17.3 Å². The van der Waals surface area contributed by atoms with Gasteiger partial charge in [0.1, 0.15) is 16.6 Å². The molecule has 2 aliphatic rings. The summed E-state index contributed by atoms with van der Waals surface area (Å²) in [7, 11) is 0. The highest BCUT2D eigenvalue weighted by Gasteiger charge is 2.50. The van der Waals surface area contributed by atoms with E-state index in [2.05, 4.69) is 49.9 Å². The van der Waals surface area contributed by atoms with Gasteiger partial charge in [-0.05, 0) is 51.2 Å². The molecule has 8 heteroatoms. The molecule has 30 heavy (non-hydrogen) atoms. The first-order valence-electron chi connectivity index (χ1n) is 10.3. The number of nitrogens with one attached hydrogen (secondary N) is 1. The second kappa shape index (κ2) is 7.73. The van der Waals surface area contributed by atoms with Crippen LogP contribution in [0, 0.1) is 16.7 Å². The SMILES string of the molecule is CC(C)(C)[S+]([O-])N[C@H]1c2ccccc2CC12CCN(c1nc(N)cnc1C#N)CC2. The van der Waals surface area contributed by atoms with Crippen LogP contribution in [0.25, 0.3) is 0 Å². The number of benzene rings is 1. The molecule has 158 valence electrons. The van der Waals surface area contributed by atoms with Gasteiger partial charge in [0.15, 0.2) is 11.5 Å². The Morgan fingerprint density at radius 1 is 1.30 bits per heavy atom. The summed E-state index contributed by atoms with van der Waals surface area (Å²) in [5.41, 5.74) is 8.70. The smallest absolute Gasteiger partial charge is 0.183 e. The summed E-state index contributed by atoms with van der Waals surface area (Å²) in [6.45, 7) is 7.48. The van der Waals surface area contributed by atoms with Crippen LogP contribution in [0.1, 0.15) is 56.5 Å². The number of rotatable bonds is 3. The number of fused-ring (bicyclic) bond motifs is 1. The Kier molecular flexibility index (Phi) is 5.39. The number of piperidine rings is 1. The van der Waals surface area contributed by atoms with E-state index < -0.39 is 11.4 Å². The van der Waals surface area contributed by atoms with Crippen LogP contribution in [0.5, 0.6) is 0 Å². The maximum absolute atomic E-state index is 13.0. The Morgan fingerprint density at radius 2 is 2.00 bits per heavy atom. The predicted molar refractivity (Wildman–Crippen MR) is 119 cm³/mol. The van der Waals surface area contributed by atoms with Crippen LogP contribution >= 0.6 is 0 Å². The van der Waals surface area contributed by atoms with Crippen molar-refractivity contribution < 1.29 is 4.55 Å². The standard InChI is InChI=1S/C22H28N6OS/c1-21(2,3)30(29)27-19-16-7-5-4-6-15(16)12-22(19)8-10-28(11-9-22)20-17(13-23)25-14-18(24)26-20/h4-7,14,19,27H,8-12H2,1-3H3,(H2,24,26)/t19-,30?/m0/s1. The van der Waals surface area contributed by atoms with E-state index in [-0.39, 0.29) is 16.2 Å². The fourth-order valence-electron chi connectivity index (χ4n) is 4.58. The molecule has 7 nitrogen and oxygen atoms in total. The van der Waals surface area contributed by atoms with Crippen LogP contribution in [-0.4, -0.2) is 32.4 Å². The predicted octanol–water partition coefficient (Wildman–Crippen LogP) is 2.87. The first-order chi connectivity index (χ1) is 14.2. The molecular weight excluding hydrogens is 396 g/mol. The van der Waals surface area contributed by atoms with Gasteiger partial charge in [-0.15, -0.1) is 4.72 Å². The molecule has 1 spiro atoms. The zero-order valence-electron chi connectivity index (χ0n) is 17.7. The lowest BCUT2D eigenvalue weighted by Gasteiger charge is -2.44. The average Bonchev–Trinajstić information content (AvgIpc) is 3.01. The highest BCUT2D eigenvalue weighted by Crippen LogP contribution is 2.52. The molecule has 1 aromatic heterocycles. The van der Waals surface area contributed by atoms with Gasteiger partial charge in [0.25, 0.3) is 0 Å². The molecule has 2 heterocycles. The van der Waals surface area contributed by atoms with Crippen LogP contribution in [-0.2, 0) is 17.8 Å². The van der Waals surface area contributed by atoms with Crippen molar-refractivity contribution in [2.24, 2.45) is 5.41 Å². The highest BCUT2D eigenvalue weighted by atomic mass is 32.2. The van der Waals surface area contributed by atoms with Gasteiger partial charge < -0.3 is 15.2 Å². The van der Waals surface area contributed by atoms with E-state index >= 15 is 0 Å². The van der Waals surface area contributed by atoms with E-state index in [9.17, 15) is 9.81 Å². The third-order valence-corrected chi connectivity index (χ3v) is 7.80. The fraction of sp³-hybridized carbons (Fsp3) is 0.500. The lowest BCUT2D eigenvalue weighted by Crippen LogP contribution is -2.50. The van der Waals surface area contributed by atoms with Gasteiger partial charge >= 0.3 is 0 Å². The Balaban J connectivity index is 1.60. The van der Waals surface area contributed by atoms with Crippen molar-refractivity contribution in [3.05, 3.63) is 47.3 Å². The Hall–Kier alpha value is -2.34. The van der Waals surface area contributed by atoms with E-state index in [0.717, 1.165) is 32.4 Å². The van der Waals surface area contributed by atoms with Crippen molar-refractivity contribution in [3.63, 3.8) is 0 Å². The summed E-state index contributed by atoms with van der Waals surface area (Å²) in [4.78, 5) is 10.6. The molecule has 1 aliphatic carbocycles. The van der Waals surface area contributed by atoms with Crippen molar-refractivity contribution in [3.8, 4) is 6.07 Å². The Morgan fingerprint density at radius 3 is 2.67 bits per heavy atom. The first-order valence-corrected chi connectivity index (χ1v) is 11.4. The van der Waals surface area contributed by atoms with Crippen molar-refractivity contribution in [1.29, 1.82) is 5.26 Å². The number of nitrogens with two attached hydrogens (primary N) is 1. The second-order valence-corrected chi connectivity index (χ2v) is 11.2. The maximum Gasteiger partial charge on any atom is 0.183 e. The average molecular weight is 425 g/mol. The van der Waals surface area contributed by atoms with Gasteiger partial charge in [-0.3, -0.25) is 0 Å². The van der Waals surface area contributed by atoms with Crippen LogP contribution in [0.15, 0.2) is 30.5 Å². The highest BCUT2D eigenvalue weighted by molar-refractivity contribution is 7.90. The van der Waals surface area contributed by atoms with Gasteiger partial charge in [0.05, 0.1) is 12.2 Å². The van der Waals surface area contributed by atoms with Gasteiger partial charge in [-0.2, -0.15) is 5.26 Å². The van der Waals surface area contributed by atoms with Crippen molar-refractivity contribution in [1.82, 2.24) is 14.7 Å². The van der Waals surface area contributed by atoms with E-state index in [0.29, 0.717) is 17.3 Å². The molecule has 2 aromatic rings. The molecule has 2 atom stereocenters. The molecule has 0 radical (unpaired) electrons. The van der Waals surface area contributed by atoms with E-state index in [1.54, 1.807) is 0 Å². The monoisotopic (exact) mass is 424 g/mol. The third kappa shape index (κ3) is 3.73. The van der Waals surface area contributed by atoms with E-state index in [4.69, 9.17) is 5.73 Å².